The van der Waals surface area contributed by atoms with Crippen LogP contribution in [0, 0.1) is 12.7 Å². The molecule has 0 radical (unpaired) electrons. The Bertz CT molecular complexity index is 328. The first kappa shape index (κ1) is 10.9. The van der Waals surface area contributed by atoms with E-state index in [1.54, 1.807) is 13.0 Å². The van der Waals surface area contributed by atoms with Crippen LogP contribution in [0.4, 0.5) is 8.78 Å². The fourth-order valence-corrected chi connectivity index (χ4v) is 1.31. The van der Waals surface area contributed by atoms with Crippen LogP contribution in [0.15, 0.2) is 12.1 Å². The molecule has 0 saturated carbocycles. The minimum Gasteiger partial charge on any atom is -0.496 e. The molecule has 1 rings (SSSR count). The zero-order valence-corrected chi connectivity index (χ0v) is 8.18. The molecule has 1 atom stereocenters. The Balaban J connectivity index is 3.24. The van der Waals surface area contributed by atoms with Gasteiger partial charge in [-0.05, 0) is 24.6 Å². The molecular weight excluding hydrogens is 188 g/mol. The first-order chi connectivity index (χ1) is 6.60. The monoisotopic (exact) mass is 201 g/mol. The van der Waals surface area contributed by atoms with E-state index in [0.29, 0.717) is 5.56 Å². The molecule has 0 bridgehead atoms. The second-order valence-corrected chi connectivity index (χ2v) is 3.07. The molecule has 0 fully saturated rings. The van der Waals surface area contributed by atoms with Crippen molar-refractivity contribution >= 4 is 0 Å². The third-order valence-corrected chi connectivity index (χ3v) is 1.98. The summed E-state index contributed by atoms with van der Waals surface area (Å²) in [6.45, 7) is 1.46. The van der Waals surface area contributed by atoms with Gasteiger partial charge in [-0.1, -0.05) is 0 Å². The van der Waals surface area contributed by atoms with Gasteiger partial charge in [0.05, 0.1) is 12.7 Å². The number of nitrogens with two attached hydrogens (primary N) is 1. The van der Waals surface area contributed by atoms with Crippen molar-refractivity contribution in [3.05, 3.63) is 29.1 Å². The fraction of sp³-hybridized carbons (Fsp3) is 0.400. The summed E-state index contributed by atoms with van der Waals surface area (Å²) in [6.07, 6.45) is -1.52. The normalized spacial score (nSPS) is 12.6. The van der Waals surface area contributed by atoms with E-state index in [2.05, 4.69) is 0 Å². The van der Waals surface area contributed by atoms with Crippen LogP contribution in [0.1, 0.15) is 17.3 Å². The van der Waals surface area contributed by atoms with Crippen LogP contribution >= 0.6 is 0 Å². The SMILES string of the molecule is COc1cc(C)cc(F)c1C(F)CN. The topological polar surface area (TPSA) is 35.2 Å². The van der Waals surface area contributed by atoms with Crippen LogP contribution in [0.3, 0.4) is 0 Å². The number of hydrogen-bond donors (Lipinski definition) is 1. The maximum absolute atomic E-state index is 13.4. The van der Waals surface area contributed by atoms with Gasteiger partial charge in [-0.3, -0.25) is 0 Å². The highest BCUT2D eigenvalue weighted by molar-refractivity contribution is 5.40. The molecule has 1 aromatic rings. The molecule has 1 aromatic carbocycles. The molecule has 2 nitrogen and oxygen atoms in total. The summed E-state index contributed by atoms with van der Waals surface area (Å²) >= 11 is 0. The quantitative estimate of drug-likeness (QED) is 0.812. The van der Waals surface area contributed by atoms with E-state index in [4.69, 9.17) is 10.5 Å². The molecule has 0 amide bonds. The molecule has 0 heterocycles. The Kier molecular flexibility index (Phi) is 3.41. The summed E-state index contributed by atoms with van der Waals surface area (Å²) in [4.78, 5) is 0. The van der Waals surface area contributed by atoms with Gasteiger partial charge in [0.25, 0.3) is 0 Å². The molecule has 14 heavy (non-hydrogen) atoms. The van der Waals surface area contributed by atoms with Gasteiger partial charge in [0.2, 0.25) is 0 Å². The summed E-state index contributed by atoms with van der Waals surface area (Å²) in [5, 5.41) is 0. The lowest BCUT2D eigenvalue weighted by atomic mass is 10.1. The summed E-state index contributed by atoms with van der Waals surface area (Å²) in [5.41, 5.74) is 5.73. The second-order valence-electron chi connectivity index (χ2n) is 3.07. The number of aryl methyl sites for hydroxylation is 1. The van der Waals surface area contributed by atoms with Crippen molar-refractivity contribution in [1.29, 1.82) is 0 Å². The van der Waals surface area contributed by atoms with Gasteiger partial charge < -0.3 is 10.5 Å². The van der Waals surface area contributed by atoms with Crippen molar-refractivity contribution in [1.82, 2.24) is 0 Å². The summed E-state index contributed by atoms with van der Waals surface area (Å²) < 4.78 is 31.5. The number of alkyl halides is 1. The zero-order chi connectivity index (χ0) is 10.7. The largest absolute Gasteiger partial charge is 0.496 e. The lowest BCUT2D eigenvalue weighted by Gasteiger charge is -2.13. The summed E-state index contributed by atoms with van der Waals surface area (Å²) in [7, 11) is 1.38. The van der Waals surface area contributed by atoms with Crippen LogP contribution in [0.25, 0.3) is 0 Å². The molecule has 1 unspecified atom stereocenters. The molecule has 4 heteroatoms. The average molecular weight is 201 g/mol. The van der Waals surface area contributed by atoms with Gasteiger partial charge in [0.1, 0.15) is 17.7 Å². The highest BCUT2D eigenvalue weighted by atomic mass is 19.1. The van der Waals surface area contributed by atoms with E-state index in [-0.39, 0.29) is 17.9 Å². The highest BCUT2D eigenvalue weighted by Crippen LogP contribution is 2.30. The van der Waals surface area contributed by atoms with Crippen molar-refractivity contribution < 1.29 is 13.5 Å². The summed E-state index contributed by atoms with van der Waals surface area (Å²) in [6, 6.07) is 2.85. The van der Waals surface area contributed by atoms with Gasteiger partial charge in [-0.2, -0.15) is 0 Å². The van der Waals surface area contributed by atoms with Crippen molar-refractivity contribution in [2.24, 2.45) is 5.73 Å². The number of hydrogen-bond acceptors (Lipinski definition) is 2. The van der Waals surface area contributed by atoms with Crippen LogP contribution in [0.5, 0.6) is 5.75 Å². The molecule has 0 spiro atoms. The Labute approximate surface area is 81.7 Å². The van der Waals surface area contributed by atoms with Crippen molar-refractivity contribution in [2.75, 3.05) is 13.7 Å². The van der Waals surface area contributed by atoms with E-state index in [0.717, 1.165) is 0 Å². The van der Waals surface area contributed by atoms with Gasteiger partial charge in [-0.15, -0.1) is 0 Å². The van der Waals surface area contributed by atoms with E-state index < -0.39 is 12.0 Å². The third kappa shape index (κ3) is 2.01. The first-order valence-corrected chi connectivity index (χ1v) is 4.28. The van der Waals surface area contributed by atoms with Crippen LogP contribution < -0.4 is 10.5 Å². The lowest BCUT2D eigenvalue weighted by Crippen LogP contribution is -2.11. The number of methoxy groups -OCH3 is 1. The molecule has 78 valence electrons. The Morgan fingerprint density at radius 2 is 2.14 bits per heavy atom. The van der Waals surface area contributed by atoms with E-state index >= 15 is 0 Å². The molecule has 0 saturated heterocycles. The second kappa shape index (κ2) is 4.37. The summed E-state index contributed by atoms with van der Waals surface area (Å²) in [5.74, 6) is -0.403. The number of ether oxygens (including phenoxy) is 1. The number of rotatable bonds is 3. The van der Waals surface area contributed by atoms with E-state index in [1.807, 2.05) is 0 Å². The molecule has 0 aliphatic heterocycles. The smallest absolute Gasteiger partial charge is 0.144 e. The predicted molar refractivity (Wildman–Crippen MR) is 50.6 cm³/mol. The molecule has 0 aliphatic carbocycles. The van der Waals surface area contributed by atoms with E-state index in [1.165, 1.54) is 13.2 Å². The minimum atomic E-state index is -1.52. The van der Waals surface area contributed by atoms with Crippen LogP contribution in [-0.4, -0.2) is 13.7 Å². The number of benzene rings is 1. The molecular formula is C10H13F2NO. The first-order valence-electron chi connectivity index (χ1n) is 4.28. The Hall–Kier alpha value is -1.16. The van der Waals surface area contributed by atoms with Crippen molar-refractivity contribution in [3.8, 4) is 5.75 Å². The van der Waals surface area contributed by atoms with E-state index in [9.17, 15) is 8.78 Å². The predicted octanol–water partition coefficient (Wildman–Crippen LogP) is 2.11. The standard InChI is InChI=1S/C10H13F2NO/c1-6-3-7(11)10(8(12)5-13)9(4-6)14-2/h3-4,8H,5,13H2,1-2H3. The number of halogens is 2. The van der Waals surface area contributed by atoms with Crippen molar-refractivity contribution in [2.45, 2.75) is 13.1 Å². The van der Waals surface area contributed by atoms with Crippen LogP contribution in [0.2, 0.25) is 0 Å². The maximum Gasteiger partial charge on any atom is 0.144 e. The Morgan fingerprint density at radius 3 is 2.64 bits per heavy atom. The van der Waals surface area contributed by atoms with Crippen LogP contribution in [-0.2, 0) is 0 Å². The molecule has 0 aliphatic rings. The maximum atomic E-state index is 13.4. The van der Waals surface area contributed by atoms with Gasteiger partial charge in [0.15, 0.2) is 0 Å². The van der Waals surface area contributed by atoms with Crippen molar-refractivity contribution in [3.63, 3.8) is 0 Å². The molecule has 0 aromatic heterocycles. The van der Waals surface area contributed by atoms with Gasteiger partial charge in [-0.25, -0.2) is 8.78 Å². The zero-order valence-electron chi connectivity index (χ0n) is 8.18. The molecule has 2 N–H and O–H groups in total. The third-order valence-electron chi connectivity index (χ3n) is 1.98. The fourth-order valence-electron chi connectivity index (χ4n) is 1.31. The average Bonchev–Trinajstić information content (AvgIpc) is 2.15. The lowest BCUT2D eigenvalue weighted by molar-refractivity contribution is 0.319. The highest BCUT2D eigenvalue weighted by Gasteiger charge is 2.19. The Morgan fingerprint density at radius 1 is 1.50 bits per heavy atom. The minimum absolute atomic E-state index is 0.0967. The van der Waals surface area contributed by atoms with Gasteiger partial charge in [0, 0.05) is 6.54 Å². The van der Waals surface area contributed by atoms with Gasteiger partial charge >= 0.3 is 0 Å².